The number of imidazole rings is 1. The molecule has 6 nitrogen and oxygen atoms in total. The highest BCUT2D eigenvalue weighted by molar-refractivity contribution is 5.91. The van der Waals surface area contributed by atoms with Crippen LogP contribution < -0.4 is 10.1 Å². The zero-order valence-corrected chi connectivity index (χ0v) is 16.5. The van der Waals surface area contributed by atoms with E-state index < -0.39 is 0 Å². The van der Waals surface area contributed by atoms with Gasteiger partial charge in [0.15, 0.2) is 0 Å². The first-order chi connectivity index (χ1) is 14.1. The van der Waals surface area contributed by atoms with Gasteiger partial charge in [-0.25, -0.2) is 4.98 Å². The Morgan fingerprint density at radius 2 is 2.03 bits per heavy atom. The standard InChI is InChI=1S/C23H22N4O2/c1-14-26-20-9-16(5-6-21(20)27(14)2)17-10-19-18(4-3-7-24-19)22(11-17)29-13-15-8-23(28)25-12-15/h3-7,9-11,15H,8,12-13H2,1-2H3,(H,25,28)/t15-/m1/s1. The van der Waals surface area contributed by atoms with Crippen LogP contribution in [0.25, 0.3) is 33.1 Å². The molecule has 1 fully saturated rings. The van der Waals surface area contributed by atoms with Gasteiger partial charge in [0.2, 0.25) is 5.91 Å². The fraction of sp³-hybridized carbons (Fsp3) is 0.261. The largest absolute Gasteiger partial charge is 0.492 e. The van der Waals surface area contributed by atoms with Crippen LogP contribution in [0.5, 0.6) is 5.75 Å². The first-order valence-electron chi connectivity index (χ1n) is 9.80. The van der Waals surface area contributed by atoms with Gasteiger partial charge in [-0.15, -0.1) is 0 Å². The Bertz CT molecular complexity index is 1240. The molecule has 4 aromatic rings. The summed E-state index contributed by atoms with van der Waals surface area (Å²) in [6.45, 7) is 3.18. The first-order valence-corrected chi connectivity index (χ1v) is 9.80. The van der Waals surface area contributed by atoms with Crippen LogP contribution in [-0.4, -0.2) is 33.6 Å². The number of aryl methyl sites for hydroxylation is 2. The lowest BCUT2D eigenvalue weighted by atomic mass is 10.0. The van der Waals surface area contributed by atoms with Crippen molar-refractivity contribution >= 4 is 27.8 Å². The van der Waals surface area contributed by atoms with Gasteiger partial charge in [-0.2, -0.15) is 0 Å². The lowest BCUT2D eigenvalue weighted by Crippen LogP contribution is -2.16. The zero-order chi connectivity index (χ0) is 20.0. The van der Waals surface area contributed by atoms with E-state index in [0.717, 1.165) is 44.6 Å². The first kappa shape index (κ1) is 17.7. The molecule has 0 aliphatic carbocycles. The van der Waals surface area contributed by atoms with E-state index in [4.69, 9.17) is 4.74 Å². The highest BCUT2D eigenvalue weighted by atomic mass is 16.5. The number of carbonyl (C=O) groups excluding carboxylic acids is 1. The van der Waals surface area contributed by atoms with E-state index in [0.29, 0.717) is 19.6 Å². The van der Waals surface area contributed by atoms with E-state index in [1.807, 2.05) is 26.1 Å². The third kappa shape index (κ3) is 3.20. The van der Waals surface area contributed by atoms with Gasteiger partial charge in [-0.1, -0.05) is 6.07 Å². The molecule has 1 saturated heterocycles. The second-order valence-electron chi connectivity index (χ2n) is 7.65. The van der Waals surface area contributed by atoms with E-state index in [9.17, 15) is 4.79 Å². The predicted octanol–water partition coefficient (Wildman–Crippen LogP) is 3.61. The van der Waals surface area contributed by atoms with Gasteiger partial charge < -0.3 is 14.6 Å². The molecule has 3 heterocycles. The normalized spacial score (nSPS) is 16.5. The van der Waals surface area contributed by atoms with Crippen molar-refractivity contribution in [2.24, 2.45) is 13.0 Å². The summed E-state index contributed by atoms with van der Waals surface area (Å²) >= 11 is 0. The van der Waals surface area contributed by atoms with Crippen molar-refractivity contribution in [2.45, 2.75) is 13.3 Å². The summed E-state index contributed by atoms with van der Waals surface area (Å²) in [6.07, 6.45) is 2.31. The Morgan fingerprint density at radius 1 is 1.17 bits per heavy atom. The number of hydrogen-bond acceptors (Lipinski definition) is 4. The molecule has 146 valence electrons. The molecule has 29 heavy (non-hydrogen) atoms. The summed E-state index contributed by atoms with van der Waals surface area (Å²) in [5, 5.41) is 3.84. The van der Waals surface area contributed by atoms with Crippen molar-refractivity contribution in [1.82, 2.24) is 19.9 Å². The quantitative estimate of drug-likeness (QED) is 0.582. The number of amides is 1. The summed E-state index contributed by atoms with van der Waals surface area (Å²) in [5.41, 5.74) is 5.09. The maximum atomic E-state index is 11.5. The van der Waals surface area contributed by atoms with Crippen LogP contribution in [0, 0.1) is 12.8 Å². The Labute approximate surface area is 168 Å². The number of nitrogens with one attached hydrogen (secondary N) is 1. The Hall–Kier alpha value is -3.41. The zero-order valence-electron chi connectivity index (χ0n) is 16.5. The monoisotopic (exact) mass is 386 g/mol. The Morgan fingerprint density at radius 3 is 2.86 bits per heavy atom. The molecule has 2 aromatic carbocycles. The van der Waals surface area contributed by atoms with Crippen LogP contribution >= 0.6 is 0 Å². The molecule has 1 atom stereocenters. The van der Waals surface area contributed by atoms with Crippen molar-refractivity contribution < 1.29 is 9.53 Å². The van der Waals surface area contributed by atoms with Gasteiger partial charge in [0, 0.05) is 37.5 Å². The topological polar surface area (TPSA) is 69.0 Å². The fourth-order valence-electron chi connectivity index (χ4n) is 3.92. The van der Waals surface area contributed by atoms with Gasteiger partial charge in [-0.05, 0) is 54.4 Å². The molecular weight excluding hydrogens is 364 g/mol. The maximum absolute atomic E-state index is 11.5. The van der Waals surface area contributed by atoms with Gasteiger partial charge in [0.05, 0.1) is 23.2 Å². The minimum Gasteiger partial charge on any atom is -0.492 e. The molecule has 2 aromatic heterocycles. The number of ether oxygens (including phenoxy) is 1. The smallest absolute Gasteiger partial charge is 0.220 e. The number of fused-ring (bicyclic) bond motifs is 2. The molecule has 6 heteroatoms. The van der Waals surface area contributed by atoms with E-state index in [-0.39, 0.29) is 11.8 Å². The van der Waals surface area contributed by atoms with E-state index in [2.05, 4.69) is 50.2 Å². The van der Waals surface area contributed by atoms with E-state index in [1.165, 1.54) is 0 Å². The molecule has 1 N–H and O–H groups in total. The lowest BCUT2D eigenvalue weighted by molar-refractivity contribution is -0.119. The van der Waals surface area contributed by atoms with E-state index in [1.54, 1.807) is 6.20 Å². The van der Waals surface area contributed by atoms with Crippen LogP contribution in [0.2, 0.25) is 0 Å². The number of carbonyl (C=O) groups is 1. The van der Waals surface area contributed by atoms with Gasteiger partial charge >= 0.3 is 0 Å². The lowest BCUT2D eigenvalue weighted by Gasteiger charge is -2.14. The highest BCUT2D eigenvalue weighted by Crippen LogP contribution is 2.33. The summed E-state index contributed by atoms with van der Waals surface area (Å²) in [7, 11) is 2.03. The average molecular weight is 386 g/mol. The van der Waals surface area contributed by atoms with Crippen molar-refractivity contribution in [3.05, 3.63) is 54.5 Å². The SMILES string of the molecule is Cc1nc2cc(-c3cc(OC[C@H]4CNC(=O)C4)c4cccnc4c3)ccc2n1C. The Kier molecular flexibility index (Phi) is 4.19. The van der Waals surface area contributed by atoms with Crippen molar-refractivity contribution in [3.8, 4) is 16.9 Å². The van der Waals surface area contributed by atoms with Crippen molar-refractivity contribution in [3.63, 3.8) is 0 Å². The third-order valence-corrected chi connectivity index (χ3v) is 5.66. The second-order valence-corrected chi connectivity index (χ2v) is 7.65. The fourth-order valence-corrected chi connectivity index (χ4v) is 3.92. The van der Waals surface area contributed by atoms with Gasteiger partial charge in [0.25, 0.3) is 0 Å². The number of pyridine rings is 1. The van der Waals surface area contributed by atoms with Gasteiger partial charge in [-0.3, -0.25) is 9.78 Å². The molecular formula is C23H22N4O2. The molecule has 0 bridgehead atoms. The molecule has 5 rings (SSSR count). The number of nitrogens with zero attached hydrogens (tertiary/aromatic N) is 3. The van der Waals surface area contributed by atoms with Crippen molar-refractivity contribution in [1.29, 1.82) is 0 Å². The third-order valence-electron chi connectivity index (χ3n) is 5.66. The average Bonchev–Trinajstić information content (AvgIpc) is 3.28. The molecule has 0 saturated carbocycles. The summed E-state index contributed by atoms with van der Waals surface area (Å²) in [6, 6.07) is 14.4. The minimum absolute atomic E-state index is 0.0952. The number of rotatable bonds is 4. The van der Waals surface area contributed by atoms with Gasteiger partial charge in [0.1, 0.15) is 11.6 Å². The number of aromatic nitrogens is 3. The summed E-state index contributed by atoms with van der Waals surface area (Å²) < 4.78 is 8.26. The summed E-state index contributed by atoms with van der Waals surface area (Å²) in [4.78, 5) is 20.7. The molecule has 1 amide bonds. The molecule has 0 radical (unpaired) electrons. The maximum Gasteiger partial charge on any atom is 0.220 e. The van der Waals surface area contributed by atoms with Crippen LogP contribution in [-0.2, 0) is 11.8 Å². The predicted molar refractivity (Wildman–Crippen MR) is 113 cm³/mol. The minimum atomic E-state index is 0.0952. The molecule has 0 spiro atoms. The molecule has 0 unspecified atom stereocenters. The summed E-state index contributed by atoms with van der Waals surface area (Å²) in [5.74, 6) is 2.08. The number of hydrogen-bond donors (Lipinski definition) is 1. The van der Waals surface area contributed by atoms with Crippen LogP contribution in [0.1, 0.15) is 12.2 Å². The Balaban J connectivity index is 1.54. The highest BCUT2D eigenvalue weighted by Gasteiger charge is 2.22. The molecule has 1 aliphatic heterocycles. The molecule has 1 aliphatic rings. The van der Waals surface area contributed by atoms with Crippen LogP contribution in [0.15, 0.2) is 48.7 Å². The van der Waals surface area contributed by atoms with E-state index >= 15 is 0 Å². The van der Waals surface area contributed by atoms with Crippen LogP contribution in [0.4, 0.5) is 0 Å². The van der Waals surface area contributed by atoms with Crippen molar-refractivity contribution in [2.75, 3.05) is 13.2 Å². The number of benzene rings is 2. The van der Waals surface area contributed by atoms with Crippen LogP contribution in [0.3, 0.4) is 0 Å². The second kappa shape index (κ2) is 6.88.